The van der Waals surface area contributed by atoms with Gasteiger partial charge in [-0.05, 0) is 105 Å². The van der Waals surface area contributed by atoms with E-state index in [1.54, 1.807) is 12.1 Å². The first-order chi connectivity index (χ1) is 29.7. The number of benzene rings is 3. The van der Waals surface area contributed by atoms with E-state index in [4.69, 9.17) is 15.6 Å². The molecule has 6 aliphatic rings. The summed E-state index contributed by atoms with van der Waals surface area (Å²) in [5.74, 6) is 0.0625. The summed E-state index contributed by atoms with van der Waals surface area (Å²) in [5, 5.41) is 8.20. The molecule has 0 radical (unpaired) electrons. The first-order valence-electron chi connectivity index (χ1n) is 21.6. The van der Waals surface area contributed by atoms with Crippen LogP contribution in [0.15, 0.2) is 79.1 Å². The van der Waals surface area contributed by atoms with Crippen LogP contribution in [0.5, 0.6) is 11.5 Å². The molecule has 1 atom stereocenters. The molecule has 5 aliphatic heterocycles. The monoisotopic (exact) mass is 820 g/mol. The summed E-state index contributed by atoms with van der Waals surface area (Å²) >= 11 is 0. The van der Waals surface area contributed by atoms with Crippen LogP contribution in [0.4, 0.5) is 11.5 Å². The highest BCUT2D eigenvalue weighted by Crippen LogP contribution is 2.47. The molecule has 0 bridgehead atoms. The van der Waals surface area contributed by atoms with Crippen LogP contribution in [0.2, 0.25) is 0 Å². The zero-order valence-electron chi connectivity index (χ0n) is 33.9. The van der Waals surface area contributed by atoms with Crippen molar-refractivity contribution in [3.05, 3.63) is 90.3 Å². The van der Waals surface area contributed by atoms with Gasteiger partial charge in [-0.15, -0.1) is 0 Å². The summed E-state index contributed by atoms with van der Waals surface area (Å²) in [7, 11) is 0. The van der Waals surface area contributed by atoms with Gasteiger partial charge in [0.2, 0.25) is 11.8 Å². The lowest BCUT2D eigenvalue weighted by Gasteiger charge is -2.60. The fraction of sp³-hybridized carbons (Fsp3) is 0.413. The smallest absolute Gasteiger partial charge is 0.262 e. The van der Waals surface area contributed by atoms with E-state index in [0.29, 0.717) is 34.4 Å². The van der Waals surface area contributed by atoms with Crippen molar-refractivity contribution in [2.75, 3.05) is 49.9 Å². The molecule has 5 fully saturated rings. The highest BCUT2D eigenvalue weighted by atomic mass is 16.5. The maximum absolute atomic E-state index is 13.4. The van der Waals surface area contributed by atoms with Gasteiger partial charge >= 0.3 is 0 Å². The Morgan fingerprint density at radius 2 is 1.46 bits per heavy atom. The molecule has 1 aliphatic carbocycles. The number of likely N-dealkylation sites (tertiary alicyclic amines) is 2. The largest absolute Gasteiger partial charge is 0.457 e. The van der Waals surface area contributed by atoms with Gasteiger partial charge in [0, 0.05) is 69.0 Å². The topological polar surface area (TPSA) is 172 Å². The number of fused-ring (bicyclic) bond motifs is 2. The molecular formula is C46H48N10O5. The number of para-hydroxylation sites is 1. The van der Waals surface area contributed by atoms with Crippen LogP contribution >= 0.6 is 0 Å². The summed E-state index contributed by atoms with van der Waals surface area (Å²) in [4.78, 5) is 68.3. The quantitative estimate of drug-likeness (QED) is 0.200. The first kappa shape index (κ1) is 37.8. The van der Waals surface area contributed by atoms with Crippen molar-refractivity contribution in [2.45, 2.75) is 75.5 Å². The molecule has 7 heterocycles. The maximum Gasteiger partial charge on any atom is 0.262 e. The zero-order chi connectivity index (χ0) is 41.4. The average molecular weight is 821 g/mol. The van der Waals surface area contributed by atoms with E-state index in [9.17, 15) is 19.2 Å². The highest BCUT2D eigenvalue weighted by molar-refractivity contribution is 6.23. The third kappa shape index (κ3) is 6.61. The molecule has 5 aromatic rings. The second-order valence-corrected chi connectivity index (χ2v) is 17.8. The molecule has 4 amide bonds. The Morgan fingerprint density at radius 1 is 0.738 bits per heavy atom. The van der Waals surface area contributed by atoms with Gasteiger partial charge < -0.3 is 20.3 Å². The summed E-state index contributed by atoms with van der Waals surface area (Å²) in [6.07, 6.45) is 8.78. The van der Waals surface area contributed by atoms with Gasteiger partial charge in [-0.3, -0.25) is 34.3 Å². The number of nitrogen functional groups attached to an aromatic ring is 1. The number of nitrogens with zero attached hydrogens (tertiary/aromatic N) is 8. The second kappa shape index (κ2) is 14.8. The van der Waals surface area contributed by atoms with E-state index in [1.807, 2.05) is 60.7 Å². The Balaban J connectivity index is 0.666. The van der Waals surface area contributed by atoms with Gasteiger partial charge in [0.15, 0.2) is 5.65 Å². The van der Waals surface area contributed by atoms with Crippen LogP contribution in [0.1, 0.15) is 78.1 Å². The number of rotatable bonds is 8. The Kier molecular flexibility index (Phi) is 9.15. The van der Waals surface area contributed by atoms with E-state index in [0.717, 1.165) is 96.5 Å². The molecule has 3 N–H and O–H groups in total. The van der Waals surface area contributed by atoms with Crippen molar-refractivity contribution >= 4 is 46.2 Å². The lowest BCUT2D eigenvalue weighted by molar-refractivity contribution is -0.136. The molecule has 312 valence electrons. The van der Waals surface area contributed by atoms with Crippen molar-refractivity contribution in [1.82, 2.24) is 39.8 Å². The van der Waals surface area contributed by atoms with Gasteiger partial charge in [-0.1, -0.05) is 18.2 Å². The minimum absolute atomic E-state index is 0.104. The molecular weight excluding hydrogens is 773 g/mol. The Bertz CT molecular complexity index is 2550. The lowest BCUT2D eigenvalue weighted by Crippen LogP contribution is -2.69. The van der Waals surface area contributed by atoms with Crippen LogP contribution < -0.4 is 20.7 Å². The normalized spacial score (nSPS) is 22.7. The van der Waals surface area contributed by atoms with Crippen LogP contribution in [-0.2, 0) is 9.59 Å². The van der Waals surface area contributed by atoms with E-state index >= 15 is 0 Å². The molecule has 15 heteroatoms. The van der Waals surface area contributed by atoms with Gasteiger partial charge in [0.25, 0.3) is 11.8 Å². The Labute approximate surface area is 352 Å². The van der Waals surface area contributed by atoms with Crippen molar-refractivity contribution in [3.63, 3.8) is 0 Å². The number of nitrogens with one attached hydrogen (secondary N) is 1. The fourth-order valence-electron chi connectivity index (χ4n) is 10.8. The fourth-order valence-corrected chi connectivity index (χ4v) is 10.8. The van der Waals surface area contributed by atoms with Gasteiger partial charge in [0.1, 0.15) is 35.4 Å². The zero-order valence-corrected chi connectivity index (χ0v) is 33.9. The van der Waals surface area contributed by atoms with Gasteiger partial charge in [-0.25, -0.2) is 14.6 Å². The van der Waals surface area contributed by atoms with E-state index < -0.39 is 23.8 Å². The molecule has 1 spiro atoms. The number of imide groups is 2. The van der Waals surface area contributed by atoms with Crippen LogP contribution in [0, 0.1) is 5.41 Å². The number of anilines is 2. The average Bonchev–Trinajstić information content (AvgIpc) is 3.76. The minimum Gasteiger partial charge on any atom is -0.457 e. The molecule has 11 rings (SSSR count). The molecule has 3 aromatic carbocycles. The predicted octanol–water partition coefficient (Wildman–Crippen LogP) is 5.04. The number of piperidine rings is 2. The number of hydrogen-bond acceptors (Lipinski definition) is 12. The Morgan fingerprint density at radius 3 is 2.20 bits per heavy atom. The molecule has 15 nitrogen and oxygen atoms in total. The van der Waals surface area contributed by atoms with Crippen molar-refractivity contribution in [2.24, 2.45) is 5.41 Å². The predicted molar refractivity (Wildman–Crippen MR) is 227 cm³/mol. The van der Waals surface area contributed by atoms with Crippen molar-refractivity contribution in [1.29, 1.82) is 0 Å². The number of carbonyl (C=O) groups is 4. The maximum atomic E-state index is 13.4. The molecule has 1 unspecified atom stereocenters. The summed E-state index contributed by atoms with van der Waals surface area (Å²) in [6.45, 7) is 6.11. The van der Waals surface area contributed by atoms with Crippen LogP contribution in [0.3, 0.4) is 0 Å². The third-order valence-corrected chi connectivity index (χ3v) is 14.2. The Hall–Kier alpha value is -6.19. The number of carbonyl (C=O) groups excluding carboxylic acids is 4. The van der Waals surface area contributed by atoms with Gasteiger partial charge in [-0.2, -0.15) is 5.10 Å². The summed E-state index contributed by atoms with van der Waals surface area (Å²) in [5.41, 5.74) is 11.0. The lowest BCUT2D eigenvalue weighted by atomic mass is 9.66. The van der Waals surface area contributed by atoms with Crippen LogP contribution in [0.25, 0.3) is 22.3 Å². The van der Waals surface area contributed by atoms with E-state index in [1.165, 1.54) is 32.0 Å². The minimum atomic E-state index is -0.958. The highest BCUT2D eigenvalue weighted by Gasteiger charge is 2.50. The number of amides is 4. The second-order valence-electron chi connectivity index (χ2n) is 17.8. The molecule has 2 aromatic heterocycles. The van der Waals surface area contributed by atoms with Crippen molar-refractivity contribution < 1.29 is 23.9 Å². The molecule has 4 saturated heterocycles. The number of hydrogen-bond donors (Lipinski definition) is 2. The molecule has 1 saturated carbocycles. The van der Waals surface area contributed by atoms with E-state index in [2.05, 4.69) is 34.7 Å². The number of nitrogens with two attached hydrogens (primary N) is 1. The summed E-state index contributed by atoms with van der Waals surface area (Å²) < 4.78 is 8.12. The third-order valence-electron chi connectivity index (χ3n) is 14.2. The van der Waals surface area contributed by atoms with Gasteiger partial charge in [0.05, 0.1) is 22.6 Å². The molecule has 61 heavy (non-hydrogen) atoms. The van der Waals surface area contributed by atoms with Crippen LogP contribution in [-0.4, -0.2) is 115 Å². The SMILES string of the molecule is Nc1ncnc2c1c(-c1ccc(Oc3ccccc3)cc1)nn2C1CCN(C2CCC3(CC2)CN(C2CN(c4ccc5c(c4)C(=O)N(C4CCC(=O)NC4=O)C5=O)C2)C3)CC1. The standard InChI is InChI=1S/C46H48N10O5/c47-41-39-40(28-6-9-34(10-7-28)61-33-4-2-1-3-5-33)51-56(42(39)49-27-48-41)30-16-20-52(21-17-30)29-14-18-46(19-15-29)25-54(26-46)32-23-53(24-32)31-8-11-35-36(22-31)45(60)55(44(35)59)37-12-13-38(57)50-43(37)58/h1-11,22,27,29-30,32,37H,12-21,23-26H2,(H2,47,48,49)(H,50,57,58). The first-order valence-corrected chi connectivity index (χ1v) is 21.6. The number of ether oxygens (including phenoxy) is 1. The van der Waals surface area contributed by atoms with Crippen molar-refractivity contribution in [3.8, 4) is 22.8 Å². The number of aromatic nitrogens is 4. The van der Waals surface area contributed by atoms with E-state index in [-0.39, 0.29) is 24.8 Å². The summed E-state index contributed by atoms with van der Waals surface area (Å²) in [6, 6.07) is 23.4.